The van der Waals surface area contributed by atoms with Crippen molar-refractivity contribution < 1.29 is 19.8 Å². The molecule has 0 aromatic rings. The quantitative estimate of drug-likeness (QED) is 0.389. The lowest BCUT2D eigenvalue weighted by atomic mass is 10.2. The molecular weight excluding hydrogens is 126 g/mol. The Balaban J connectivity index is 3.64. The fraction of sp³-hybridized carbons (Fsp3) is 0.750. The minimum atomic E-state index is -0.907. The number of carbonyl (C=O) groups excluding carboxylic acids is 1. The fourth-order valence-corrected chi connectivity index (χ4v) is 0.303. The van der Waals surface area contributed by atoms with Gasteiger partial charge in [0.1, 0.15) is 5.92 Å². The lowest BCUT2D eigenvalue weighted by molar-refractivity contribution is -0.152. The standard InChI is InChI=1S/C4H9NO4/c5-9-4(8)3(1-6)2-7/h3,6-7H,1-2,5H2. The molecule has 0 aliphatic carbocycles. The lowest BCUT2D eigenvalue weighted by Crippen LogP contribution is -2.26. The van der Waals surface area contributed by atoms with Gasteiger partial charge in [-0.3, -0.25) is 0 Å². The van der Waals surface area contributed by atoms with Crippen LogP contribution in [0.3, 0.4) is 0 Å². The zero-order valence-corrected chi connectivity index (χ0v) is 4.78. The molecule has 0 rings (SSSR count). The van der Waals surface area contributed by atoms with Crippen LogP contribution in [0.25, 0.3) is 0 Å². The second kappa shape index (κ2) is 4.25. The Hall–Kier alpha value is -0.650. The molecule has 5 nitrogen and oxygen atoms in total. The molecule has 0 heterocycles. The highest BCUT2D eigenvalue weighted by Crippen LogP contribution is 1.93. The Morgan fingerprint density at radius 3 is 2.11 bits per heavy atom. The average Bonchev–Trinajstić information content (AvgIpc) is 1.90. The molecule has 0 unspecified atom stereocenters. The SMILES string of the molecule is NOC(=O)C(CO)CO. The van der Waals surface area contributed by atoms with Crippen molar-refractivity contribution in [3.8, 4) is 0 Å². The van der Waals surface area contributed by atoms with Crippen LogP contribution in [0.2, 0.25) is 0 Å². The first kappa shape index (κ1) is 8.35. The number of hydrogen-bond donors (Lipinski definition) is 3. The fourth-order valence-electron chi connectivity index (χ4n) is 0.303. The summed E-state index contributed by atoms with van der Waals surface area (Å²) < 4.78 is 0. The van der Waals surface area contributed by atoms with E-state index >= 15 is 0 Å². The predicted molar refractivity (Wildman–Crippen MR) is 27.9 cm³/mol. The van der Waals surface area contributed by atoms with Crippen molar-refractivity contribution in [1.82, 2.24) is 0 Å². The second-order valence-electron chi connectivity index (χ2n) is 1.50. The molecule has 5 heteroatoms. The number of carbonyl (C=O) groups is 1. The summed E-state index contributed by atoms with van der Waals surface area (Å²) in [5.41, 5.74) is 0. The molecule has 0 radical (unpaired) electrons. The van der Waals surface area contributed by atoms with E-state index in [2.05, 4.69) is 10.7 Å². The van der Waals surface area contributed by atoms with Gasteiger partial charge < -0.3 is 15.1 Å². The predicted octanol–water partition coefficient (Wildman–Crippen LogP) is -2.00. The maximum Gasteiger partial charge on any atom is 0.332 e. The van der Waals surface area contributed by atoms with Crippen LogP contribution in [0.5, 0.6) is 0 Å². The Labute approximate surface area is 52.0 Å². The van der Waals surface area contributed by atoms with Crippen LogP contribution in [0.1, 0.15) is 0 Å². The summed E-state index contributed by atoms with van der Waals surface area (Å²) in [4.78, 5) is 14.0. The van der Waals surface area contributed by atoms with Gasteiger partial charge in [-0.05, 0) is 0 Å². The molecule has 0 aliphatic rings. The third kappa shape index (κ3) is 2.41. The van der Waals surface area contributed by atoms with Crippen LogP contribution in [0.4, 0.5) is 0 Å². The van der Waals surface area contributed by atoms with Crippen LogP contribution in [-0.4, -0.2) is 29.4 Å². The summed E-state index contributed by atoms with van der Waals surface area (Å²) in [5.74, 6) is 2.74. The Morgan fingerprint density at radius 2 is 2.00 bits per heavy atom. The summed E-state index contributed by atoms with van der Waals surface area (Å²) in [7, 11) is 0. The van der Waals surface area contributed by atoms with Crippen molar-refractivity contribution in [1.29, 1.82) is 0 Å². The van der Waals surface area contributed by atoms with Crippen molar-refractivity contribution in [3.63, 3.8) is 0 Å². The highest BCUT2D eigenvalue weighted by molar-refractivity contribution is 5.72. The third-order valence-electron chi connectivity index (χ3n) is 0.890. The first-order valence-corrected chi connectivity index (χ1v) is 2.38. The van der Waals surface area contributed by atoms with Crippen molar-refractivity contribution >= 4 is 5.97 Å². The first-order chi connectivity index (χ1) is 4.26. The number of aliphatic hydroxyl groups is 2. The van der Waals surface area contributed by atoms with Gasteiger partial charge in [0, 0.05) is 0 Å². The Morgan fingerprint density at radius 1 is 1.56 bits per heavy atom. The van der Waals surface area contributed by atoms with Crippen LogP contribution >= 0.6 is 0 Å². The molecule has 0 atom stereocenters. The minimum absolute atomic E-state index is 0.452. The number of hydrogen-bond acceptors (Lipinski definition) is 5. The van der Waals surface area contributed by atoms with E-state index in [0.29, 0.717) is 0 Å². The molecule has 0 saturated carbocycles. The average molecular weight is 135 g/mol. The smallest absolute Gasteiger partial charge is 0.332 e. The van der Waals surface area contributed by atoms with Gasteiger partial charge in [0.2, 0.25) is 0 Å². The molecule has 0 bridgehead atoms. The lowest BCUT2D eigenvalue weighted by Gasteiger charge is -2.05. The number of rotatable bonds is 3. The van der Waals surface area contributed by atoms with E-state index in [-0.39, 0.29) is 0 Å². The van der Waals surface area contributed by atoms with Crippen LogP contribution in [-0.2, 0) is 9.63 Å². The third-order valence-corrected chi connectivity index (χ3v) is 0.890. The van der Waals surface area contributed by atoms with E-state index in [1.807, 2.05) is 0 Å². The monoisotopic (exact) mass is 135 g/mol. The van der Waals surface area contributed by atoms with Crippen molar-refractivity contribution in [2.75, 3.05) is 13.2 Å². The summed E-state index contributed by atoms with van der Waals surface area (Å²) in [6.07, 6.45) is 0. The highest BCUT2D eigenvalue weighted by atomic mass is 16.7. The summed E-state index contributed by atoms with van der Waals surface area (Å²) in [5, 5.41) is 16.6. The highest BCUT2D eigenvalue weighted by Gasteiger charge is 2.16. The Kier molecular flexibility index (Phi) is 3.94. The zero-order chi connectivity index (χ0) is 7.28. The summed E-state index contributed by atoms with van der Waals surface area (Å²) in [6, 6.07) is 0. The molecule has 4 N–H and O–H groups in total. The van der Waals surface area contributed by atoms with Crippen LogP contribution < -0.4 is 5.90 Å². The van der Waals surface area contributed by atoms with Crippen molar-refractivity contribution in [2.45, 2.75) is 0 Å². The van der Waals surface area contributed by atoms with Gasteiger partial charge in [0.05, 0.1) is 13.2 Å². The molecule has 54 valence electrons. The van der Waals surface area contributed by atoms with Gasteiger partial charge >= 0.3 is 5.97 Å². The minimum Gasteiger partial charge on any atom is -0.395 e. The maximum absolute atomic E-state index is 10.3. The Bertz CT molecular complexity index is 90.6. The van der Waals surface area contributed by atoms with Crippen molar-refractivity contribution in [2.24, 2.45) is 11.8 Å². The van der Waals surface area contributed by atoms with Crippen molar-refractivity contribution in [3.05, 3.63) is 0 Å². The molecule has 0 saturated heterocycles. The number of aliphatic hydroxyl groups excluding tert-OH is 2. The summed E-state index contributed by atoms with van der Waals surface area (Å²) in [6.45, 7) is -0.904. The molecule has 0 spiro atoms. The van der Waals surface area contributed by atoms with E-state index < -0.39 is 25.1 Å². The zero-order valence-electron chi connectivity index (χ0n) is 4.78. The molecule has 0 aromatic heterocycles. The van der Waals surface area contributed by atoms with Gasteiger partial charge in [0.15, 0.2) is 0 Å². The summed E-state index contributed by atoms with van der Waals surface area (Å²) >= 11 is 0. The first-order valence-electron chi connectivity index (χ1n) is 2.38. The van der Waals surface area contributed by atoms with E-state index in [4.69, 9.17) is 10.2 Å². The molecule has 0 aromatic carbocycles. The second-order valence-corrected chi connectivity index (χ2v) is 1.50. The molecule has 9 heavy (non-hydrogen) atoms. The van der Waals surface area contributed by atoms with Gasteiger partial charge in [-0.15, -0.1) is 0 Å². The van der Waals surface area contributed by atoms with E-state index in [0.717, 1.165) is 0 Å². The van der Waals surface area contributed by atoms with Gasteiger partial charge in [-0.25, -0.2) is 4.79 Å². The van der Waals surface area contributed by atoms with E-state index in [1.54, 1.807) is 0 Å². The largest absolute Gasteiger partial charge is 0.395 e. The molecular formula is C4H9NO4. The van der Waals surface area contributed by atoms with E-state index in [9.17, 15) is 4.79 Å². The molecule has 0 amide bonds. The normalized spacial score (nSPS) is 9.78. The van der Waals surface area contributed by atoms with Gasteiger partial charge in [0.25, 0.3) is 0 Å². The maximum atomic E-state index is 10.3. The van der Waals surface area contributed by atoms with E-state index in [1.165, 1.54) is 0 Å². The topological polar surface area (TPSA) is 92.8 Å². The van der Waals surface area contributed by atoms with Gasteiger partial charge in [-0.2, -0.15) is 5.90 Å². The molecule has 0 fully saturated rings. The van der Waals surface area contributed by atoms with Gasteiger partial charge in [-0.1, -0.05) is 0 Å². The molecule has 0 aliphatic heterocycles. The van der Waals surface area contributed by atoms with Crippen LogP contribution in [0, 0.1) is 5.92 Å². The van der Waals surface area contributed by atoms with Crippen LogP contribution in [0.15, 0.2) is 0 Å². The number of nitrogens with two attached hydrogens (primary N) is 1.